The Bertz CT molecular complexity index is 1280. The van der Waals surface area contributed by atoms with Gasteiger partial charge in [-0.25, -0.2) is 4.98 Å². The first-order valence-corrected chi connectivity index (χ1v) is 9.16. The maximum absolute atomic E-state index is 12.8. The zero-order chi connectivity index (χ0) is 21.5. The van der Waals surface area contributed by atoms with Gasteiger partial charge in [0.2, 0.25) is 0 Å². The highest BCUT2D eigenvalue weighted by Gasteiger charge is 2.30. The second-order valence-corrected chi connectivity index (χ2v) is 7.16. The Morgan fingerprint density at radius 1 is 1.13 bits per heavy atom. The third-order valence-corrected chi connectivity index (χ3v) is 5.06. The van der Waals surface area contributed by atoms with Gasteiger partial charge in [-0.1, -0.05) is 23.5 Å². The summed E-state index contributed by atoms with van der Waals surface area (Å²) in [7, 11) is 0. The van der Waals surface area contributed by atoms with E-state index >= 15 is 0 Å². The minimum absolute atomic E-state index is 0.0771. The number of carbonyl (C=O) groups is 1. The molecule has 2 aromatic heterocycles. The third kappa shape index (κ3) is 3.87. The van der Waals surface area contributed by atoms with Crippen molar-refractivity contribution in [3.8, 4) is 11.3 Å². The van der Waals surface area contributed by atoms with Crippen LogP contribution in [0.25, 0.3) is 21.5 Å². The van der Waals surface area contributed by atoms with Crippen LogP contribution in [0.15, 0.2) is 59.0 Å². The van der Waals surface area contributed by atoms with Crippen molar-refractivity contribution in [2.45, 2.75) is 6.18 Å². The zero-order valence-electron chi connectivity index (χ0n) is 14.8. The van der Waals surface area contributed by atoms with E-state index in [9.17, 15) is 28.1 Å². The van der Waals surface area contributed by atoms with E-state index in [2.05, 4.69) is 10.3 Å². The Labute approximate surface area is 169 Å². The fraction of sp³-hybridized carbons (Fsp3) is 0.0526. The van der Waals surface area contributed by atoms with Gasteiger partial charge in [-0.05, 0) is 30.3 Å². The fourth-order valence-electron chi connectivity index (χ4n) is 2.70. The summed E-state index contributed by atoms with van der Waals surface area (Å²) in [5, 5.41) is 13.5. The second-order valence-electron chi connectivity index (χ2n) is 6.12. The van der Waals surface area contributed by atoms with Gasteiger partial charge in [-0.2, -0.15) is 13.2 Å². The quantitative estimate of drug-likeness (QED) is 0.327. The van der Waals surface area contributed by atoms with E-state index < -0.39 is 22.6 Å². The Balaban J connectivity index is 1.55. The number of benzene rings is 2. The maximum atomic E-state index is 12.8. The summed E-state index contributed by atoms with van der Waals surface area (Å²) in [5.74, 6) is -0.475. The molecule has 0 aliphatic heterocycles. The number of carbonyl (C=O) groups excluding carboxylic acids is 1. The predicted octanol–water partition coefficient (Wildman–Crippen LogP) is 5.74. The average molecular weight is 433 g/mol. The van der Waals surface area contributed by atoms with Crippen LogP contribution in [-0.4, -0.2) is 15.8 Å². The minimum Gasteiger partial charge on any atom is -0.451 e. The number of hydrogen-bond donors (Lipinski definition) is 1. The van der Waals surface area contributed by atoms with Crippen LogP contribution in [0.1, 0.15) is 16.1 Å². The molecule has 4 aromatic rings. The summed E-state index contributed by atoms with van der Waals surface area (Å²) in [6, 6.07) is 11.8. The van der Waals surface area contributed by atoms with Gasteiger partial charge < -0.3 is 4.42 Å². The number of hydrogen-bond acceptors (Lipinski definition) is 6. The smallest absolute Gasteiger partial charge is 0.416 e. The number of nitrogens with zero attached hydrogens (tertiary/aromatic N) is 2. The van der Waals surface area contributed by atoms with E-state index in [0.29, 0.717) is 10.3 Å². The molecule has 7 nitrogen and oxygen atoms in total. The van der Waals surface area contributed by atoms with Crippen LogP contribution < -0.4 is 5.32 Å². The lowest BCUT2D eigenvalue weighted by molar-refractivity contribution is -0.384. The standard InChI is InChI=1S/C19H10F3N3O4S/c20-19(21,22)11-4-7-16-13(9-11)23-18(30-16)24-17(26)15-6-5-14(29-15)10-2-1-3-12(8-10)25(27)28/h1-9H,(H,23,24,26). The van der Waals surface area contributed by atoms with E-state index in [1.807, 2.05) is 0 Å². The molecule has 0 aliphatic carbocycles. The normalized spacial score (nSPS) is 11.6. The Kier molecular flexibility index (Phi) is 4.74. The van der Waals surface area contributed by atoms with Crippen molar-refractivity contribution < 1.29 is 27.3 Å². The number of thiazole rings is 1. The first-order valence-electron chi connectivity index (χ1n) is 8.34. The van der Waals surface area contributed by atoms with Crippen molar-refractivity contribution in [3.05, 3.63) is 76.0 Å². The van der Waals surface area contributed by atoms with Crippen LogP contribution in [0.3, 0.4) is 0 Å². The van der Waals surface area contributed by atoms with Gasteiger partial charge in [0.1, 0.15) is 5.76 Å². The van der Waals surface area contributed by atoms with Crippen molar-refractivity contribution in [2.75, 3.05) is 5.32 Å². The van der Waals surface area contributed by atoms with Gasteiger partial charge in [0.05, 0.1) is 20.7 Å². The molecular weight excluding hydrogens is 423 g/mol. The number of nitro groups is 1. The van der Waals surface area contributed by atoms with Crippen LogP contribution in [0.2, 0.25) is 0 Å². The van der Waals surface area contributed by atoms with E-state index in [4.69, 9.17) is 4.42 Å². The summed E-state index contributed by atoms with van der Waals surface area (Å²) >= 11 is 1.02. The molecule has 30 heavy (non-hydrogen) atoms. The molecule has 0 radical (unpaired) electrons. The number of fused-ring (bicyclic) bond motifs is 1. The van der Waals surface area contributed by atoms with Crippen LogP contribution in [-0.2, 0) is 6.18 Å². The first kappa shape index (κ1) is 19.6. The number of amides is 1. The monoisotopic (exact) mass is 433 g/mol. The topological polar surface area (TPSA) is 98.3 Å². The van der Waals surface area contributed by atoms with Crippen LogP contribution in [0, 0.1) is 10.1 Å². The summed E-state index contributed by atoms with van der Waals surface area (Å²) in [6.45, 7) is 0. The highest BCUT2D eigenvalue weighted by atomic mass is 32.1. The number of furan rings is 1. The molecule has 2 aromatic carbocycles. The van der Waals surface area contributed by atoms with Crippen molar-refractivity contribution in [1.82, 2.24) is 4.98 Å². The molecule has 0 unspecified atom stereocenters. The molecule has 1 amide bonds. The van der Waals surface area contributed by atoms with Crippen molar-refractivity contribution in [3.63, 3.8) is 0 Å². The van der Waals surface area contributed by atoms with E-state index in [1.54, 1.807) is 6.07 Å². The molecule has 4 rings (SSSR count). The molecule has 0 saturated carbocycles. The summed E-state index contributed by atoms with van der Waals surface area (Å²) < 4.78 is 44.4. The highest BCUT2D eigenvalue weighted by Crippen LogP contribution is 2.34. The van der Waals surface area contributed by atoms with Crippen molar-refractivity contribution in [2.24, 2.45) is 0 Å². The van der Waals surface area contributed by atoms with Gasteiger partial charge in [-0.15, -0.1) is 0 Å². The molecule has 2 heterocycles. The molecule has 152 valence electrons. The van der Waals surface area contributed by atoms with Gasteiger partial charge in [0, 0.05) is 17.7 Å². The molecule has 0 saturated heterocycles. The Morgan fingerprint density at radius 2 is 1.93 bits per heavy atom. The number of anilines is 1. The lowest BCUT2D eigenvalue weighted by Gasteiger charge is -2.04. The zero-order valence-corrected chi connectivity index (χ0v) is 15.6. The van der Waals surface area contributed by atoms with Gasteiger partial charge in [0.25, 0.3) is 11.6 Å². The molecule has 0 aliphatic rings. The number of aromatic nitrogens is 1. The van der Waals surface area contributed by atoms with Crippen molar-refractivity contribution in [1.29, 1.82) is 0 Å². The number of rotatable bonds is 4. The van der Waals surface area contributed by atoms with E-state index in [-0.39, 0.29) is 27.9 Å². The van der Waals surface area contributed by atoms with E-state index in [1.165, 1.54) is 36.4 Å². The van der Waals surface area contributed by atoms with Gasteiger partial charge in [0.15, 0.2) is 10.9 Å². The maximum Gasteiger partial charge on any atom is 0.416 e. The summed E-state index contributed by atoms with van der Waals surface area (Å²) in [6.07, 6.45) is -4.49. The third-order valence-electron chi connectivity index (χ3n) is 4.11. The van der Waals surface area contributed by atoms with E-state index in [0.717, 1.165) is 23.5 Å². The lowest BCUT2D eigenvalue weighted by Crippen LogP contribution is -2.10. The second kappa shape index (κ2) is 7.26. The molecule has 1 N–H and O–H groups in total. The first-order chi connectivity index (χ1) is 14.2. The molecule has 0 spiro atoms. The number of nitro benzene ring substituents is 1. The van der Waals surface area contributed by atoms with Crippen LogP contribution in [0.4, 0.5) is 24.0 Å². The lowest BCUT2D eigenvalue weighted by atomic mass is 10.1. The molecular formula is C19H10F3N3O4S. The minimum atomic E-state index is -4.49. The highest BCUT2D eigenvalue weighted by molar-refractivity contribution is 7.22. The Morgan fingerprint density at radius 3 is 2.67 bits per heavy atom. The summed E-state index contributed by atoms with van der Waals surface area (Å²) in [4.78, 5) is 26.8. The Hall–Kier alpha value is -3.73. The number of halogens is 3. The van der Waals surface area contributed by atoms with Crippen LogP contribution >= 0.6 is 11.3 Å². The number of nitrogens with one attached hydrogen (secondary N) is 1. The predicted molar refractivity (Wildman–Crippen MR) is 103 cm³/mol. The van der Waals surface area contributed by atoms with Gasteiger partial charge in [-0.3, -0.25) is 20.2 Å². The molecule has 0 atom stereocenters. The largest absolute Gasteiger partial charge is 0.451 e. The molecule has 0 fully saturated rings. The van der Waals surface area contributed by atoms with Crippen LogP contribution in [0.5, 0.6) is 0 Å². The molecule has 0 bridgehead atoms. The number of alkyl halides is 3. The fourth-order valence-corrected chi connectivity index (χ4v) is 3.54. The summed E-state index contributed by atoms with van der Waals surface area (Å²) in [5.41, 5.74) is -0.418. The van der Waals surface area contributed by atoms with Crippen molar-refractivity contribution >= 4 is 38.3 Å². The van der Waals surface area contributed by atoms with Gasteiger partial charge >= 0.3 is 6.18 Å². The molecule has 11 heteroatoms. The number of non-ortho nitro benzene ring substituents is 1. The SMILES string of the molecule is O=C(Nc1nc2cc(C(F)(F)F)ccc2s1)c1ccc(-c2cccc([N+](=O)[O-])c2)o1. The average Bonchev–Trinajstić information content (AvgIpc) is 3.33.